The van der Waals surface area contributed by atoms with Crippen molar-refractivity contribution in [2.24, 2.45) is 0 Å². The summed E-state index contributed by atoms with van der Waals surface area (Å²) < 4.78 is 11.4. The normalized spacial score (nSPS) is 21.7. The number of rotatable bonds is 3. The van der Waals surface area contributed by atoms with Gasteiger partial charge in [-0.2, -0.15) is 0 Å². The first kappa shape index (κ1) is 14.7. The molecule has 2 fully saturated rings. The smallest absolute Gasteiger partial charge is 0.225 e. The molecule has 23 heavy (non-hydrogen) atoms. The zero-order valence-corrected chi connectivity index (χ0v) is 13.2. The standard InChI is InChI=1S/C17H22N4O2/c1-5-18-16(19-6-1)21-9-11-23-17(14-21)3-7-20(8-4-17)12-15-2-10-22-13-15/h1-2,5-6,10,13H,3-4,7-9,11-12,14H2. The van der Waals surface area contributed by atoms with Gasteiger partial charge in [0, 0.05) is 44.1 Å². The number of likely N-dealkylation sites (tertiary alicyclic amines) is 1. The van der Waals surface area contributed by atoms with Gasteiger partial charge in [0.15, 0.2) is 0 Å². The van der Waals surface area contributed by atoms with Crippen molar-refractivity contribution < 1.29 is 9.15 Å². The van der Waals surface area contributed by atoms with Crippen LogP contribution in [0.4, 0.5) is 5.95 Å². The molecule has 122 valence electrons. The molecule has 2 saturated heterocycles. The summed E-state index contributed by atoms with van der Waals surface area (Å²) in [5.74, 6) is 0.816. The topological polar surface area (TPSA) is 54.6 Å². The van der Waals surface area contributed by atoms with Gasteiger partial charge in [0.2, 0.25) is 5.95 Å². The van der Waals surface area contributed by atoms with Crippen LogP contribution in [0.15, 0.2) is 41.5 Å². The first-order valence-corrected chi connectivity index (χ1v) is 8.22. The molecule has 2 aliphatic heterocycles. The summed E-state index contributed by atoms with van der Waals surface area (Å²) in [6, 6.07) is 3.89. The zero-order valence-electron chi connectivity index (χ0n) is 13.2. The van der Waals surface area contributed by atoms with Crippen molar-refractivity contribution in [2.75, 3.05) is 37.7 Å². The molecule has 0 N–H and O–H groups in total. The van der Waals surface area contributed by atoms with Gasteiger partial charge in [-0.3, -0.25) is 4.90 Å². The number of hydrogen-bond donors (Lipinski definition) is 0. The van der Waals surface area contributed by atoms with Crippen LogP contribution in [0.1, 0.15) is 18.4 Å². The van der Waals surface area contributed by atoms with Crippen LogP contribution in [-0.2, 0) is 11.3 Å². The summed E-state index contributed by atoms with van der Waals surface area (Å²) in [4.78, 5) is 13.5. The Morgan fingerprint density at radius 3 is 2.70 bits per heavy atom. The molecule has 6 heteroatoms. The molecule has 0 aromatic carbocycles. The van der Waals surface area contributed by atoms with E-state index in [0.29, 0.717) is 0 Å². The van der Waals surface area contributed by atoms with Crippen LogP contribution in [-0.4, -0.2) is 53.3 Å². The summed E-state index contributed by atoms with van der Waals surface area (Å²) in [7, 11) is 0. The Labute approximate surface area is 136 Å². The molecule has 6 nitrogen and oxygen atoms in total. The van der Waals surface area contributed by atoms with Crippen molar-refractivity contribution in [3.05, 3.63) is 42.6 Å². The molecule has 4 heterocycles. The van der Waals surface area contributed by atoms with Crippen LogP contribution in [0.5, 0.6) is 0 Å². The van der Waals surface area contributed by atoms with Crippen LogP contribution < -0.4 is 4.90 Å². The number of ether oxygens (including phenoxy) is 1. The van der Waals surface area contributed by atoms with Crippen LogP contribution in [0, 0.1) is 0 Å². The molecule has 1 spiro atoms. The highest BCUT2D eigenvalue weighted by molar-refractivity contribution is 5.30. The van der Waals surface area contributed by atoms with Crippen molar-refractivity contribution in [1.29, 1.82) is 0 Å². The summed E-state index contributed by atoms with van der Waals surface area (Å²) >= 11 is 0. The molecule has 0 bridgehead atoms. The Morgan fingerprint density at radius 1 is 1.13 bits per heavy atom. The minimum Gasteiger partial charge on any atom is -0.472 e. The van der Waals surface area contributed by atoms with E-state index in [1.165, 1.54) is 5.56 Å². The largest absolute Gasteiger partial charge is 0.472 e. The molecule has 0 unspecified atom stereocenters. The van der Waals surface area contributed by atoms with Crippen LogP contribution in [0.3, 0.4) is 0 Å². The lowest BCUT2D eigenvalue weighted by Gasteiger charge is -2.47. The number of morpholine rings is 1. The highest BCUT2D eigenvalue weighted by Gasteiger charge is 2.40. The lowest BCUT2D eigenvalue weighted by atomic mass is 9.89. The van der Waals surface area contributed by atoms with E-state index in [-0.39, 0.29) is 5.60 Å². The molecular weight excluding hydrogens is 292 g/mol. The predicted molar refractivity (Wildman–Crippen MR) is 86.1 cm³/mol. The molecule has 2 aliphatic rings. The van der Waals surface area contributed by atoms with Gasteiger partial charge >= 0.3 is 0 Å². The SMILES string of the molecule is c1cnc(N2CCOC3(CCN(Cc4ccoc4)CC3)C2)nc1. The van der Waals surface area contributed by atoms with Crippen molar-refractivity contribution in [2.45, 2.75) is 25.0 Å². The first-order valence-electron chi connectivity index (χ1n) is 8.22. The van der Waals surface area contributed by atoms with Gasteiger partial charge < -0.3 is 14.1 Å². The maximum atomic E-state index is 6.20. The van der Waals surface area contributed by atoms with E-state index in [9.17, 15) is 0 Å². The Balaban J connectivity index is 1.38. The Morgan fingerprint density at radius 2 is 1.96 bits per heavy atom. The van der Waals surface area contributed by atoms with Crippen molar-refractivity contribution >= 4 is 5.95 Å². The number of nitrogens with zero attached hydrogens (tertiary/aromatic N) is 4. The van der Waals surface area contributed by atoms with Crippen molar-refractivity contribution in [1.82, 2.24) is 14.9 Å². The number of furan rings is 1. The number of piperidine rings is 1. The van der Waals surface area contributed by atoms with Crippen molar-refractivity contribution in [3.8, 4) is 0 Å². The predicted octanol–water partition coefficient (Wildman–Crippen LogP) is 1.94. The molecule has 2 aromatic rings. The van der Waals surface area contributed by atoms with Gasteiger partial charge in [0.1, 0.15) is 0 Å². The van der Waals surface area contributed by atoms with Crippen LogP contribution >= 0.6 is 0 Å². The molecule has 0 radical (unpaired) electrons. The molecule has 0 saturated carbocycles. The third-order valence-electron chi connectivity index (χ3n) is 4.84. The third kappa shape index (κ3) is 3.23. The third-order valence-corrected chi connectivity index (χ3v) is 4.84. The van der Waals surface area contributed by atoms with Gasteiger partial charge in [-0.25, -0.2) is 9.97 Å². The highest BCUT2D eigenvalue weighted by atomic mass is 16.5. The fourth-order valence-electron chi connectivity index (χ4n) is 3.53. The zero-order chi connectivity index (χ0) is 15.5. The van der Waals surface area contributed by atoms with Crippen LogP contribution in [0.2, 0.25) is 0 Å². The minimum absolute atomic E-state index is 0.0512. The number of aromatic nitrogens is 2. The second kappa shape index (κ2) is 6.29. The van der Waals surface area contributed by atoms with Gasteiger partial charge in [0.05, 0.1) is 31.3 Å². The molecule has 0 atom stereocenters. The number of anilines is 1. The van der Waals surface area contributed by atoms with E-state index in [4.69, 9.17) is 9.15 Å². The molecular formula is C17H22N4O2. The van der Waals surface area contributed by atoms with Gasteiger partial charge in [-0.15, -0.1) is 0 Å². The maximum absolute atomic E-state index is 6.20. The second-order valence-electron chi connectivity index (χ2n) is 6.41. The quantitative estimate of drug-likeness (QED) is 0.863. The van der Waals surface area contributed by atoms with Crippen molar-refractivity contribution in [3.63, 3.8) is 0 Å². The van der Waals surface area contributed by atoms with E-state index in [1.807, 2.05) is 18.4 Å². The fourth-order valence-corrected chi connectivity index (χ4v) is 3.53. The maximum Gasteiger partial charge on any atom is 0.225 e. The molecule has 0 amide bonds. The van der Waals surface area contributed by atoms with E-state index < -0.39 is 0 Å². The lowest BCUT2D eigenvalue weighted by Crippen LogP contribution is -2.57. The Bertz CT molecular complexity index is 609. The van der Waals surface area contributed by atoms with E-state index in [1.54, 1.807) is 18.7 Å². The Kier molecular flexibility index (Phi) is 4.01. The summed E-state index contributed by atoms with van der Waals surface area (Å²) in [6.07, 6.45) is 9.27. The van der Waals surface area contributed by atoms with E-state index in [0.717, 1.165) is 58.1 Å². The molecule has 2 aromatic heterocycles. The van der Waals surface area contributed by atoms with Crippen LogP contribution in [0.25, 0.3) is 0 Å². The average molecular weight is 314 g/mol. The molecule has 4 rings (SSSR count). The molecule has 0 aliphatic carbocycles. The Hall–Kier alpha value is -1.92. The average Bonchev–Trinajstić information content (AvgIpc) is 3.11. The lowest BCUT2D eigenvalue weighted by molar-refractivity contribution is -0.0924. The minimum atomic E-state index is -0.0512. The summed E-state index contributed by atoms with van der Waals surface area (Å²) in [5.41, 5.74) is 1.19. The fraction of sp³-hybridized carbons (Fsp3) is 0.529. The van der Waals surface area contributed by atoms with E-state index in [2.05, 4.69) is 19.8 Å². The highest BCUT2D eigenvalue weighted by Crippen LogP contribution is 2.31. The summed E-state index contributed by atoms with van der Waals surface area (Å²) in [5, 5.41) is 0. The summed E-state index contributed by atoms with van der Waals surface area (Å²) in [6.45, 7) is 5.56. The first-order chi connectivity index (χ1) is 11.3. The van der Waals surface area contributed by atoms with E-state index >= 15 is 0 Å². The van der Waals surface area contributed by atoms with Gasteiger partial charge in [-0.1, -0.05) is 0 Å². The number of hydrogen-bond acceptors (Lipinski definition) is 6. The van der Waals surface area contributed by atoms with Gasteiger partial charge in [0.25, 0.3) is 0 Å². The monoisotopic (exact) mass is 314 g/mol. The second-order valence-corrected chi connectivity index (χ2v) is 6.41. The van der Waals surface area contributed by atoms with Gasteiger partial charge in [-0.05, 0) is 25.0 Å².